The minimum Gasteiger partial charge on any atom is -0.368 e. The maximum absolute atomic E-state index is 12.9. The standard InChI is InChI=1S/C18H24N4O3S/c1-21(14-15-5-3-2-4-6-15)26(23,24)22-10-8-18(9-11-22)17-16(7-12-25-18)13-19-20-17/h2-6,13H,7-12,14H2,1H3,(H,19,20). The second-order valence-electron chi connectivity index (χ2n) is 7.01. The lowest BCUT2D eigenvalue weighted by molar-refractivity contribution is -0.0923. The number of aromatic amines is 1. The van der Waals surface area contributed by atoms with E-state index >= 15 is 0 Å². The van der Waals surface area contributed by atoms with Crippen LogP contribution in [0, 0.1) is 0 Å². The number of aromatic nitrogens is 2. The van der Waals surface area contributed by atoms with Crippen molar-refractivity contribution in [2.24, 2.45) is 0 Å². The van der Waals surface area contributed by atoms with Gasteiger partial charge in [-0.2, -0.15) is 22.1 Å². The first-order valence-electron chi connectivity index (χ1n) is 8.93. The lowest BCUT2D eigenvalue weighted by atomic mass is 9.84. The third-order valence-electron chi connectivity index (χ3n) is 5.42. The largest absolute Gasteiger partial charge is 0.368 e. The second kappa shape index (κ2) is 6.77. The van der Waals surface area contributed by atoms with Crippen LogP contribution < -0.4 is 0 Å². The monoisotopic (exact) mass is 376 g/mol. The van der Waals surface area contributed by atoms with Crippen LogP contribution in [0.5, 0.6) is 0 Å². The van der Waals surface area contributed by atoms with Crippen LogP contribution >= 0.6 is 0 Å². The summed E-state index contributed by atoms with van der Waals surface area (Å²) in [6.45, 7) is 1.92. The number of rotatable bonds is 4. The van der Waals surface area contributed by atoms with Gasteiger partial charge in [0, 0.05) is 26.7 Å². The van der Waals surface area contributed by atoms with Gasteiger partial charge >= 0.3 is 0 Å². The van der Waals surface area contributed by atoms with Crippen LogP contribution in [0.4, 0.5) is 0 Å². The Bertz CT molecular complexity index is 858. The van der Waals surface area contributed by atoms with Crippen molar-refractivity contribution >= 4 is 10.2 Å². The Hall–Kier alpha value is -1.74. The molecular weight excluding hydrogens is 352 g/mol. The van der Waals surface area contributed by atoms with Crippen molar-refractivity contribution in [3.05, 3.63) is 53.3 Å². The fraction of sp³-hybridized carbons (Fsp3) is 0.500. The summed E-state index contributed by atoms with van der Waals surface area (Å²) in [4.78, 5) is 0. The minimum absolute atomic E-state index is 0.367. The number of benzene rings is 1. The molecule has 8 heteroatoms. The quantitative estimate of drug-likeness (QED) is 0.880. The van der Waals surface area contributed by atoms with Gasteiger partial charge in [0.1, 0.15) is 5.60 Å². The molecule has 0 atom stereocenters. The topological polar surface area (TPSA) is 78.5 Å². The molecule has 1 aromatic heterocycles. The Kier molecular flexibility index (Phi) is 4.60. The molecule has 4 rings (SSSR count). The van der Waals surface area contributed by atoms with Crippen LogP contribution in [0.3, 0.4) is 0 Å². The van der Waals surface area contributed by atoms with E-state index in [-0.39, 0.29) is 0 Å². The van der Waals surface area contributed by atoms with Gasteiger partial charge in [-0.05, 0) is 30.4 Å². The highest BCUT2D eigenvalue weighted by molar-refractivity contribution is 7.86. The van der Waals surface area contributed by atoms with E-state index in [1.54, 1.807) is 11.4 Å². The molecule has 0 aliphatic carbocycles. The van der Waals surface area contributed by atoms with Gasteiger partial charge in [0.25, 0.3) is 10.2 Å². The highest BCUT2D eigenvalue weighted by atomic mass is 32.2. The highest BCUT2D eigenvalue weighted by Crippen LogP contribution is 2.40. The van der Waals surface area contributed by atoms with E-state index in [9.17, 15) is 8.42 Å². The summed E-state index contributed by atoms with van der Waals surface area (Å²) in [7, 11) is -1.86. The second-order valence-corrected chi connectivity index (χ2v) is 9.05. The Morgan fingerprint density at radius 2 is 2.00 bits per heavy atom. The van der Waals surface area contributed by atoms with E-state index in [2.05, 4.69) is 10.2 Å². The van der Waals surface area contributed by atoms with Crippen LogP contribution in [-0.2, 0) is 33.5 Å². The average molecular weight is 376 g/mol. The number of fused-ring (bicyclic) bond motifs is 2. The zero-order valence-electron chi connectivity index (χ0n) is 14.9. The van der Waals surface area contributed by atoms with Crippen molar-refractivity contribution in [3.8, 4) is 0 Å². The fourth-order valence-corrected chi connectivity index (χ4v) is 5.27. The molecular formula is C18H24N4O3S. The molecule has 1 saturated heterocycles. The summed E-state index contributed by atoms with van der Waals surface area (Å²) in [5, 5.41) is 7.22. The molecule has 0 radical (unpaired) electrons. The Morgan fingerprint density at radius 3 is 2.73 bits per heavy atom. The molecule has 7 nitrogen and oxygen atoms in total. The Balaban J connectivity index is 1.46. The molecule has 1 spiro atoms. The van der Waals surface area contributed by atoms with E-state index in [4.69, 9.17) is 4.74 Å². The number of ether oxygens (including phenoxy) is 1. The summed E-state index contributed by atoms with van der Waals surface area (Å²) >= 11 is 0. The molecule has 0 amide bonds. The van der Waals surface area contributed by atoms with E-state index in [1.165, 1.54) is 9.87 Å². The zero-order chi connectivity index (χ0) is 18.2. The number of piperidine rings is 1. The van der Waals surface area contributed by atoms with Crippen molar-refractivity contribution in [1.82, 2.24) is 18.8 Å². The van der Waals surface area contributed by atoms with E-state index in [0.29, 0.717) is 39.1 Å². The molecule has 140 valence electrons. The van der Waals surface area contributed by atoms with Crippen molar-refractivity contribution in [1.29, 1.82) is 0 Å². The number of nitrogens with one attached hydrogen (secondary N) is 1. The third kappa shape index (κ3) is 3.07. The molecule has 1 N–H and O–H groups in total. The molecule has 0 unspecified atom stereocenters. The molecule has 1 aromatic carbocycles. The van der Waals surface area contributed by atoms with E-state index < -0.39 is 15.8 Å². The Morgan fingerprint density at radius 1 is 1.27 bits per heavy atom. The van der Waals surface area contributed by atoms with Gasteiger partial charge in [-0.3, -0.25) is 5.10 Å². The molecule has 0 saturated carbocycles. The number of H-pyrrole nitrogens is 1. The SMILES string of the molecule is CN(Cc1ccccc1)S(=O)(=O)N1CCC2(CC1)OCCc1cn[nH]c12. The lowest BCUT2D eigenvalue weighted by Crippen LogP contribution is -2.51. The summed E-state index contributed by atoms with van der Waals surface area (Å²) in [6, 6.07) is 9.64. The van der Waals surface area contributed by atoms with Crippen LogP contribution in [-0.4, -0.2) is 54.0 Å². The van der Waals surface area contributed by atoms with Crippen molar-refractivity contribution in [3.63, 3.8) is 0 Å². The zero-order valence-corrected chi connectivity index (χ0v) is 15.7. The summed E-state index contributed by atoms with van der Waals surface area (Å²) in [5.74, 6) is 0. The average Bonchev–Trinajstić information content (AvgIpc) is 3.13. The Labute approximate surface area is 154 Å². The summed E-state index contributed by atoms with van der Waals surface area (Å²) in [5.41, 5.74) is 2.77. The van der Waals surface area contributed by atoms with Gasteiger partial charge in [-0.1, -0.05) is 30.3 Å². The molecule has 26 heavy (non-hydrogen) atoms. The van der Waals surface area contributed by atoms with Gasteiger partial charge in [-0.15, -0.1) is 0 Å². The van der Waals surface area contributed by atoms with Gasteiger partial charge in [0.05, 0.1) is 18.5 Å². The van der Waals surface area contributed by atoms with Gasteiger partial charge in [-0.25, -0.2) is 0 Å². The predicted octanol–water partition coefficient (Wildman–Crippen LogP) is 1.65. The molecule has 2 aliphatic rings. The number of hydrogen-bond acceptors (Lipinski definition) is 4. The molecule has 2 aromatic rings. The maximum atomic E-state index is 12.9. The van der Waals surface area contributed by atoms with Gasteiger partial charge in [0.2, 0.25) is 0 Å². The first-order chi connectivity index (χ1) is 12.5. The van der Waals surface area contributed by atoms with E-state index in [1.807, 2.05) is 36.5 Å². The van der Waals surface area contributed by atoms with Crippen LogP contribution in [0.1, 0.15) is 29.7 Å². The normalized spacial score (nSPS) is 20.4. The molecule has 0 bridgehead atoms. The molecule has 1 fully saturated rings. The van der Waals surface area contributed by atoms with Crippen molar-refractivity contribution in [2.45, 2.75) is 31.4 Å². The molecule has 3 heterocycles. The van der Waals surface area contributed by atoms with E-state index in [0.717, 1.165) is 17.7 Å². The van der Waals surface area contributed by atoms with Gasteiger partial charge < -0.3 is 4.74 Å². The van der Waals surface area contributed by atoms with Crippen LogP contribution in [0.15, 0.2) is 36.5 Å². The maximum Gasteiger partial charge on any atom is 0.282 e. The van der Waals surface area contributed by atoms with Crippen LogP contribution in [0.2, 0.25) is 0 Å². The predicted molar refractivity (Wildman–Crippen MR) is 97.6 cm³/mol. The van der Waals surface area contributed by atoms with Crippen molar-refractivity contribution < 1.29 is 13.2 Å². The number of nitrogens with zero attached hydrogens (tertiary/aromatic N) is 3. The van der Waals surface area contributed by atoms with Crippen LogP contribution in [0.25, 0.3) is 0 Å². The van der Waals surface area contributed by atoms with Crippen molar-refractivity contribution in [2.75, 3.05) is 26.7 Å². The first-order valence-corrected chi connectivity index (χ1v) is 10.3. The third-order valence-corrected chi connectivity index (χ3v) is 7.36. The fourth-order valence-electron chi connectivity index (χ4n) is 3.92. The molecule has 2 aliphatic heterocycles. The minimum atomic E-state index is -3.49. The summed E-state index contributed by atoms with van der Waals surface area (Å²) in [6.07, 6.45) is 3.99. The highest BCUT2D eigenvalue weighted by Gasteiger charge is 2.44. The number of hydrogen-bond donors (Lipinski definition) is 1. The lowest BCUT2D eigenvalue weighted by Gasteiger charge is -2.43. The summed E-state index contributed by atoms with van der Waals surface area (Å²) < 4.78 is 35.0. The van der Waals surface area contributed by atoms with Gasteiger partial charge in [0.15, 0.2) is 0 Å². The smallest absolute Gasteiger partial charge is 0.282 e. The first kappa shape index (κ1) is 17.7.